The van der Waals surface area contributed by atoms with Gasteiger partial charge < -0.3 is 14.8 Å². The van der Waals surface area contributed by atoms with Gasteiger partial charge in [-0.05, 0) is 34.8 Å². The molecule has 2 N–H and O–H groups in total. The maximum Gasteiger partial charge on any atom is 0.255 e. The molecule has 0 radical (unpaired) electrons. The molecular weight excluding hydrogens is 286 g/mol. The molecule has 1 aromatic rings. The van der Waals surface area contributed by atoms with Crippen molar-refractivity contribution in [3.05, 3.63) is 22.6 Å². The van der Waals surface area contributed by atoms with Gasteiger partial charge in [0, 0.05) is 6.54 Å². The summed E-state index contributed by atoms with van der Waals surface area (Å²) in [5.74, 6) is -0.218. The van der Waals surface area contributed by atoms with Crippen LogP contribution in [0.1, 0.15) is 42.5 Å². The Kier molecular flexibility index (Phi) is 3.89. The van der Waals surface area contributed by atoms with Crippen molar-refractivity contribution in [1.29, 1.82) is 0 Å². The largest absolute Gasteiger partial charge is 0.457 e. The lowest BCUT2D eigenvalue weighted by Crippen LogP contribution is -2.44. The molecule has 2 rings (SSSR count). The van der Waals surface area contributed by atoms with Crippen molar-refractivity contribution in [3.63, 3.8) is 0 Å². The number of furan rings is 1. The van der Waals surface area contributed by atoms with Gasteiger partial charge in [-0.15, -0.1) is 0 Å². The van der Waals surface area contributed by atoms with Gasteiger partial charge in [-0.1, -0.05) is 19.3 Å². The summed E-state index contributed by atoms with van der Waals surface area (Å²) in [6, 6.07) is 1.60. The second-order valence-corrected chi connectivity index (χ2v) is 5.30. The molecule has 4 nitrogen and oxygen atoms in total. The number of amides is 1. The molecule has 1 amide bonds. The fourth-order valence-electron chi connectivity index (χ4n) is 2.18. The van der Waals surface area contributed by atoms with E-state index in [0.29, 0.717) is 16.8 Å². The first-order valence-corrected chi connectivity index (χ1v) is 6.64. The quantitative estimate of drug-likeness (QED) is 0.901. The number of rotatable bonds is 3. The predicted molar refractivity (Wildman–Crippen MR) is 66.8 cm³/mol. The van der Waals surface area contributed by atoms with E-state index in [1.165, 1.54) is 12.7 Å². The zero-order chi connectivity index (χ0) is 12.3. The van der Waals surface area contributed by atoms with Gasteiger partial charge in [-0.25, -0.2) is 0 Å². The van der Waals surface area contributed by atoms with Gasteiger partial charge in [0.05, 0.1) is 17.4 Å². The first-order chi connectivity index (χ1) is 8.11. The standard InChI is InChI=1S/C12H16BrNO3/c13-10-9(4-7-17-10)11(15)14-8-12(16)5-2-1-3-6-12/h4,7,16H,1-3,5-6,8H2,(H,14,15). The van der Waals surface area contributed by atoms with Crippen LogP contribution in [0.2, 0.25) is 0 Å². The Morgan fingerprint density at radius 2 is 2.18 bits per heavy atom. The van der Waals surface area contributed by atoms with E-state index in [1.807, 2.05) is 0 Å². The van der Waals surface area contributed by atoms with Gasteiger partial charge >= 0.3 is 0 Å². The van der Waals surface area contributed by atoms with Gasteiger partial charge in [0.15, 0.2) is 4.67 Å². The number of carbonyl (C=O) groups excluding carboxylic acids is 1. The van der Waals surface area contributed by atoms with E-state index in [9.17, 15) is 9.90 Å². The highest BCUT2D eigenvalue weighted by Gasteiger charge is 2.29. The lowest BCUT2D eigenvalue weighted by Gasteiger charge is -2.32. The summed E-state index contributed by atoms with van der Waals surface area (Å²) < 4.78 is 5.42. The molecular formula is C12H16BrNO3. The third kappa shape index (κ3) is 3.10. The Hall–Kier alpha value is -0.810. The predicted octanol–water partition coefficient (Wildman–Crippen LogP) is 2.47. The number of carbonyl (C=O) groups is 1. The minimum absolute atomic E-state index is 0.218. The van der Waals surface area contributed by atoms with Gasteiger partial charge in [0.25, 0.3) is 5.91 Å². The molecule has 0 atom stereocenters. The Morgan fingerprint density at radius 1 is 1.47 bits per heavy atom. The number of hydrogen-bond acceptors (Lipinski definition) is 3. The molecule has 1 saturated carbocycles. The first-order valence-electron chi connectivity index (χ1n) is 5.84. The van der Waals surface area contributed by atoms with E-state index >= 15 is 0 Å². The van der Waals surface area contributed by atoms with Gasteiger partial charge in [-0.2, -0.15) is 0 Å². The lowest BCUT2D eigenvalue weighted by atomic mass is 9.85. The second-order valence-electron chi connectivity index (χ2n) is 4.58. The zero-order valence-corrected chi connectivity index (χ0v) is 11.1. The van der Waals surface area contributed by atoms with Crippen LogP contribution in [-0.2, 0) is 0 Å². The Bertz CT molecular complexity index is 396. The van der Waals surface area contributed by atoms with Crippen LogP contribution in [0.4, 0.5) is 0 Å². The SMILES string of the molecule is O=C(NCC1(O)CCCCC1)c1ccoc1Br. The third-order valence-electron chi connectivity index (χ3n) is 3.22. The molecule has 5 heteroatoms. The molecule has 1 aliphatic carbocycles. The molecule has 0 spiro atoms. The Morgan fingerprint density at radius 3 is 2.76 bits per heavy atom. The summed E-state index contributed by atoms with van der Waals surface area (Å²) in [4.78, 5) is 11.8. The number of hydrogen-bond donors (Lipinski definition) is 2. The van der Waals surface area contributed by atoms with Crippen LogP contribution in [0.25, 0.3) is 0 Å². The van der Waals surface area contributed by atoms with Crippen LogP contribution >= 0.6 is 15.9 Å². The minimum atomic E-state index is -0.732. The molecule has 0 saturated heterocycles. The molecule has 1 aliphatic rings. The van der Waals surface area contributed by atoms with Crippen LogP contribution in [-0.4, -0.2) is 23.2 Å². The van der Waals surface area contributed by atoms with Crippen molar-refractivity contribution in [2.75, 3.05) is 6.54 Å². The number of aliphatic hydroxyl groups is 1. The smallest absolute Gasteiger partial charge is 0.255 e. The fourth-order valence-corrected chi connectivity index (χ4v) is 2.60. The summed E-state index contributed by atoms with van der Waals surface area (Å²) in [6.45, 7) is 0.309. The van der Waals surface area contributed by atoms with Crippen molar-refractivity contribution >= 4 is 21.8 Å². The second kappa shape index (κ2) is 5.23. The monoisotopic (exact) mass is 301 g/mol. The maximum absolute atomic E-state index is 11.8. The molecule has 0 unspecified atom stereocenters. The van der Waals surface area contributed by atoms with E-state index in [2.05, 4.69) is 21.2 Å². The summed E-state index contributed by atoms with van der Waals surface area (Å²) in [6.07, 6.45) is 6.21. The van der Waals surface area contributed by atoms with Crippen LogP contribution in [0.15, 0.2) is 21.4 Å². The molecule has 1 heterocycles. The third-order valence-corrected chi connectivity index (χ3v) is 3.84. The van der Waals surface area contributed by atoms with E-state index in [-0.39, 0.29) is 5.91 Å². The number of halogens is 1. The molecule has 0 aliphatic heterocycles. The topological polar surface area (TPSA) is 62.5 Å². The first kappa shape index (κ1) is 12.6. The Balaban J connectivity index is 1.90. The van der Waals surface area contributed by atoms with Crippen LogP contribution in [0.3, 0.4) is 0 Å². The van der Waals surface area contributed by atoms with Crippen molar-refractivity contribution < 1.29 is 14.3 Å². The van der Waals surface area contributed by atoms with Crippen LogP contribution < -0.4 is 5.32 Å². The van der Waals surface area contributed by atoms with Gasteiger partial charge in [0.2, 0.25) is 0 Å². The number of nitrogens with one attached hydrogen (secondary N) is 1. The van der Waals surface area contributed by atoms with E-state index in [4.69, 9.17) is 4.42 Å². The van der Waals surface area contributed by atoms with Crippen LogP contribution in [0, 0.1) is 0 Å². The van der Waals surface area contributed by atoms with Crippen molar-refractivity contribution in [3.8, 4) is 0 Å². The highest BCUT2D eigenvalue weighted by atomic mass is 79.9. The molecule has 94 valence electrons. The molecule has 17 heavy (non-hydrogen) atoms. The highest BCUT2D eigenvalue weighted by Crippen LogP contribution is 2.27. The highest BCUT2D eigenvalue weighted by molar-refractivity contribution is 9.10. The van der Waals surface area contributed by atoms with Crippen molar-refractivity contribution in [1.82, 2.24) is 5.32 Å². The van der Waals surface area contributed by atoms with Crippen molar-refractivity contribution in [2.24, 2.45) is 0 Å². The van der Waals surface area contributed by atoms with Gasteiger partial charge in [0.1, 0.15) is 0 Å². The molecule has 0 aromatic carbocycles. The fraction of sp³-hybridized carbons (Fsp3) is 0.583. The average Bonchev–Trinajstić information content (AvgIpc) is 2.74. The molecule has 0 bridgehead atoms. The molecule has 1 aromatic heterocycles. The minimum Gasteiger partial charge on any atom is -0.457 e. The summed E-state index contributed by atoms with van der Waals surface area (Å²) in [7, 11) is 0. The zero-order valence-electron chi connectivity index (χ0n) is 9.54. The van der Waals surface area contributed by atoms with Crippen LogP contribution in [0.5, 0.6) is 0 Å². The van der Waals surface area contributed by atoms with Crippen molar-refractivity contribution in [2.45, 2.75) is 37.7 Å². The maximum atomic E-state index is 11.8. The lowest BCUT2D eigenvalue weighted by molar-refractivity contribution is 0.00524. The van der Waals surface area contributed by atoms with Gasteiger partial charge in [-0.3, -0.25) is 4.79 Å². The van der Waals surface area contributed by atoms with E-state index in [1.54, 1.807) is 6.07 Å². The Labute approximate surface area is 109 Å². The summed E-state index contributed by atoms with van der Waals surface area (Å²) in [5, 5.41) is 13.0. The summed E-state index contributed by atoms with van der Waals surface area (Å²) in [5.41, 5.74) is -0.270. The van der Waals surface area contributed by atoms with E-state index < -0.39 is 5.60 Å². The van der Waals surface area contributed by atoms with E-state index in [0.717, 1.165) is 25.7 Å². The average molecular weight is 302 g/mol. The summed E-state index contributed by atoms with van der Waals surface area (Å²) >= 11 is 3.16. The normalized spacial score (nSPS) is 18.9. The molecule has 1 fully saturated rings.